The van der Waals surface area contributed by atoms with Crippen molar-refractivity contribution in [2.24, 2.45) is 5.92 Å². The summed E-state index contributed by atoms with van der Waals surface area (Å²) in [6.45, 7) is 7.68. The van der Waals surface area contributed by atoms with Crippen molar-refractivity contribution < 1.29 is 4.74 Å². The lowest BCUT2D eigenvalue weighted by atomic mass is 10.1. The molecule has 1 aromatic heterocycles. The molecule has 1 aliphatic heterocycles. The second-order valence-corrected chi connectivity index (χ2v) is 5.18. The van der Waals surface area contributed by atoms with E-state index in [9.17, 15) is 0 Å². The highest BCUT2D eigenvalue weighted by atomic mass is 32.1. The van der Waals surface area contributed by atoms with Crippen molar-refractivity contribution in [1.29, 1.82) is 0 Å². The molecule has 0 aliphatic carbocycles. The lowest BCUT2D eigenvalue weighted by Crippen LogP contribution is -2.37. The van der Waals surface area contributed by atoms with Crippen molar-refractivity contribution in [3.63, 3.8) is 0 Å². The van der Waals surface area contributed by atoms with E-state index in [4.69, 9.17) is 17.0 Å². The van der Waals surface area contributed by atoms with Crippen LogP contribution < -0.4 is 4.90 Å². The van der Waals surface area contributed by atoms with Crippen LogP contribution in [0.3, 0.4) is 0 Å². The molecule has 4 nitrogen and oxygen atoms in total. The van der Waals surface area contributed by atoms with Gasteiger partial charge in [0.25, 0.3) is 0 Å². The molecule has 1 saturated heterocycles. The fourth-order valence-electron chi connectivity index (χ4n) is 1.97. The predicted molar refractivity (Wildman–Crippen MR) is 71.0 cm³/mol. The number of H-pyrrole nitrogens is 1. The Morgan fingerprint density at radius 1 is 1.47 bits per heavy atom. The number of aromatic amines is 1. The summed E-state index contributed by atoms with van der Waals surface area (Å²) < 4.78 is 6.00. The van der Waals surface area contributed by atoms with Gasteiger partial charge >= 0.3 is 0 Å². The van der Waals surface area contributed by atoms with Crippen LogP contribution in [-0.4, -0.2) is 36.3 Å². The fourth-order valence-corrected chi connectivity index (χ4v) is 2.20. The van der Waals surface area contributed by atoms with E-state index in [1.54, 1.807) is 0 Å². The minimum Gasteiger partial charge on any atom is -0.378 e. The molecule has 1 aromatic rings. The lowest BCUT2D eigenvalue weighted by molar-refractivity contribution is 0.122. The van der Waals surface area contributed by atoms with Gasteiger partial charge in [-0.05, 0) is 18.4 Å². The molecule has 0 bridgehead atoms. The van der Waals surface area contributed by atoms with E-state index >= 15 is 0 Å². The van der Waals surface area contributed by atoms with Gasteiger partial charge in [0.15, 0.2) is 0 Å². The molecule has 0 amide bonds. The summed E-state index contributed by atoms with van der Waals surface area (Å²) in [5, 5.41) is 0. The fraction of sp³-hybridized carbons (Fsp3) is 0.667. The summed E-state index contributed by atoms with van der Waals surface area (Å²) in [6.07, 6.45) is 1.00. The smallest absolute Gasteiger partial charge is 0.204 e. The summed E-state index contributed by atoms with van der Waals surface area (Å²) in [4.78, 5) is 9.97. The average molecular weight is 253 g/mol. The number of ether oxygens (including phenoxy) is 1. The van der Waals surface area contributed by atoms with Gasteiger partial charge in [-0.3, -0.25) is 0 Å². The number of anilines is 1. The summed E-state index contributed by atoms with van der Waals surface area (Å²) >= 11 is 5.22. The Kier molecular flexibility index (Phi) is 4.12. The Morgan fingerprint density at radius 3 is 2.82 bits per heavy atom. The van der Waals surface area contributed by atoms with Gasteiger partial charge in [-0.2, -0.15) is 0 Å². The number of hydrogen-bond donors (Lipinski definition) is 1. The van der Waals surface area contributed by atoms with Gasteiger partial charge in [-0.25, -0.2) is 4.98 Å². The summed E-state index contributed by atoms with van der Waals surface area (Å²) in [7, 11) is 0. The topological polar surface area (TPSA) is 41.2 Å². The number of morpholine rings is 1. The van der Waals surface area contributed by atoms with Gasteiger partial charge in [-0.15, -0.1) is 0 Å². The standard InChI is InChI=1S/C12H19N3OS/c1-9(2)7-10-8-11(17)14-12(13-10)15-3-5-16-6-4-15/h8-9H,3-7H2,1-2H3,(H,13,14,17). The summed E-state index contributed by atoms with van der Waals surface area (Å²) in [5.74, 6) is 1.50. The van der Waals surface area contributed by atoms with Crippen molar-refractivity contribution in [2.75, 3.05) is 31.2 Å². The Morgan fingerprint density at radius 2 is 2.18 bits per heavy atom. The van der Waals surface area contributed by atoms with Crippen LogP contribution >= 0.6 is 12.2 Å². The lowest BCUT2D eigenvalue weighted by Gasteiger charge is -2.27. The molecule has 0 unspecified atom stereocenters. The van der Waals surface area contributed by atoms with Crippen molar-refractivity contribution in [3.05, 3.63) is 16.4 Å². The van der Waals surface area contributed by atoms with E-state index in [-0.39, 0.29) is 0 Å². The van der Waals surface area contributed by atoms with E-state index in [0.29, 0.717) is 10.6 Å². The Hall–Kier alpha value is -0.940. The van der Waals surface area contributed by atoms with Gasteiger partial charge in [0.1, 0.15) is 4.64 Å². The quantitative estimate of drug-likeness (QED) is 0.838. The zero-order chi connectivity index (χ0) is 12.3. The maximum atomic E-state index is 5.34. The van der Waals surface area contributed by atoms with Crippen LogP contribution in [0.1, 0.15) is 19.5 Å². The van der Waals surface area contributed by atoms with Crippen LogP contribution in [0.2, 0.25) is 0 Å². The highest BCUT2D eigenvalue weighted by molar-refractivity contribution is 7.71. The van der Waals surface area contributed by atoms with Crippen molar-refractivity contribution in [3.8, 4) is 0 Å². The monoisotopic (exact) mass is 253 g/mol. The second kappa shape index (κ2) is 5.60. The highest BCUT2D eigenvalue weighted by Gasteiger charge is 2.13. The highest BCUT2D eigenvalue weighted by Crippen LogP contribution is 2.13. The van der Waals surface area contributed by atoms with Gasteiger partial charge in [0.05, 0.1) is 13.2 Å². The molecule has 0 atom stereocenters. The van der Waals surface area contributed by atoms with Gasteiger partial charge in [0, 0.05) is 18.8 Å². The minimum absolute atomic E-state index is 0.612. The predicted octanol–water partition coefficient (Wildman–Crippen LogP) is 2.17. The van der Waals surface area contributed by atoms with E-state index in [1.165, 1.54) is 5.69 Å². The molecule has 2 heterocycles. The third-order valence-electron chi connectivity index (χ3n) is 2.72. The number of nitrogens with zero attached hydrogens (tertiary/aromatic N) is 2. The zero-order valence-corrected chi connectivity index (χ0v) is 11.2. The van der Waals surface area contributed by atoms with Crippen LogP contribution in [0.5, 0.6) is 0 Å². The Balaban J connectivity index is 2.21. The molecule has 1 fully saturated rings. The third-order valence-corrected chi connectivity index (χ3v) is 2.93. The molecular weight excluding hydrogens is 234 g/mol. The third kappa shape index (κ3) is 3.51. The van der Waals surface area contributed by atoms with Crippen molar-refractivity contribution >= 4 is 18.2 Å². The molecule has 5 heteroatoms. The Bertz CT molecular complexity index is 424. The molecule has 0 spiro atoms. The first kappa shape index (κ1) is 12.5. The average Bonchev–Trinajstić information content (AvgIpc) is 2.28. The Labute approximate surface area is 107 Å². The van der Waals surface area contributed by atoms with Crippen molar-refractivity contribution in [2.45, 2.75) is 20.3 Å². The zero-order valence-electron chi connectivity index (χ0n) is 10.4. The minimum atomic E-state index is 0.612. The first-order valence-corrected chi connectivity index (χ1v) is 6.49. The molecule has 0 saturated carbocycles. The molecular formula is C12H19N3OS. The van der Waals surface area contributed by atoms with E-state index in [0.717, 1.165) is 38.7 Å². The van der Waals surface area contributed by atoms with Crippen LogP contribution in [-0.2, 0) is 11.2 Å². The second-order valence-electron chi connectivity index (χ2n) is 4.77. The van der Waals surface area contributed by atoms with E-state index < -0.39 is 0 Å². The molecule has 17 heavy (non-hydrogen) atoms. The number of aromatic nitrogens is 2. The van der Waals surface area contributed by atoms with E-state index in [2.05, 4.69) is 28.7 Å². The molecule has 0 radical (unpaired) electrons. The molecule has 0 aromatic carbocycles. The van der Waals surface area contributed by atoms with Crippen molar-refractivity contribution in [1.82, 2.24) is 9.97 Å². The van der Waals surface area contributed by atoms with Crippen LogP contribution in [0, 0.1) is 10.6 Å². The number of nitrogens with one attached hydrogen (secondary N) is 1. The first-order valence-electron chi connectivity index (χ1n) is 6.08. The molecule has 2 rings (SSSR count). The van der Waals surface area contributed by atoms with Crippen LogP contribution in [0.15, 0.2) is 6.07 Å². The molecule has 94 valence electrons. The largest absolute Gasteiger partial charge is 0.378 e. The summed E-state index contributed by atoms with van der Waals surface area (Å²) in [5.41, 5.74) is 1.17. The van der Waals surface area contributed by atoms with Crippen LogP contribution in [0.25, 0.3) is 0 Å². The normalized spacial score (nSPS) is 16.5. The molecule has 1 aliphatic rings. The number of rotatable bonds is 3. The first-order chi connectivity index (χ1) is 8.15. The molecule has 1 N–H and O–H groups in total. The van der Waals surface area contributed by atoms with Gasteiger partial charge < -0.3 is 14.6 Å². The van der Waals surface area contributed by atoms with Gasteiger partial charge in [0.2, 0.25) is 5.95 Å². The van der Waals surface area contributed by atoms with E-state index in [1.807, 2.05) is 6.07 Å². The summed E-state index contributed by atoms with van der Waals surface area (Å²) in [6, 6.07) is 1.96. The maximum absolute atomic E-state index is 5.34. The maximum Gasteiger partial charge on any atom is 0.204 e. The SMILES string of the molecule is CC(C)Cc1cc(=S)nc(N2CCOCC2)[nH]1. The number of hydrogen-bond acceptors (Lipinski definition) is 4. The van der Waals surface area contributed by atoms with Crippen LogP contribution in [0.4, 0.5) is 5.95 Å². The van der Waals surface area contributed by atoms with Gasteiger partial charge in [-0.1, -0.05) is 26.1 Å².